The first-order valence-corrected chi connectivity index (χ1v) is 9.24. The highest BCUT2D eigenvalue weighted by Crippen LogP contribution is 2.44. The molecule has 3 rings (SSSR count). The fourth-order valence-electron chi connectivity index (χ4n) is 3.39. The molecule has 1 heterocycles. The molecule has 0 amide bonds. The van der Waals surface area contributed by atoms with Gasteiger partial charge in [-0.25, -0.2) is 0 Å². The number of hydrogen-bond donors (Lipinski definition) is 0. The molecule has 5 atom stereocenters. The lowest BCUT2D eigenvalue weighted by atomic mass is 10.1. The molecule has 1 aliphatic heterocycles. The van der Waals surface area contributed by atoms with Crippen molar-refractivity contribution in [2.45, 2.75) is 50.7 Å². The molecule has 0 unspecified atom stereocenters. The third kappa shape index (κ3) is 3.55. The molecule has 0 bridgehead atoms. The van der Waals surface area contributed by atoms with Gasteiger partial charge in [0, 0.05) is 10.3 Å². The van der Waals surface area contributed by atoms with E-state index in [-0.39, 0.29) is 30.3 Å². The van der Waals surface area contributed by atoms with Crippen molar-refractivity contribution in [3.05, 3.63) is 35.9 Å². The molecule has 0 spiro atoms. The molecule has 5 nitrogen and oxygen atoms in total. The van der Waals surface area contributed by atoms with Gasteiger partial charge in [0.15, 0.2) is 5.79 Å². The summed E-state index contributed by atoms with van der Waals surface area (Å²) in [6.07, 6.45) is -1.02. The minimum atomic E-state index is -0.639. The number of halogens is 1. The van der Waals surface area contributed by atoms with Crippen LogP contribution < -0.4 is 0 Å². The summed E-state index contributed by atoms with van der Waals surface area (Å²) in [4.78, 5) is 10.9. The molecule has 1 aliphatic carbocycles. The summed E-state index contributed by atoms with van der Waals surface area (Å²) in [5, 5.41) is 0. The molecular formula is C17H21IO5. The van der Waals surface area contributed by atoms with E-state index in [2.05, 4.69) is 22.6 Å². The molecule has 0 aromatic heterocycles. The summed E-state index contributed by atoms with van der Waals surface area (Å²) in [7, 11) is 0. The van der Waals surface area contributed by atoms with E-state index >= 15 is 0 Å². The van der Waals surface area contributed by atoms with Crippen molar-refractivity contribution in [3.8, 4) is 0 Å². The lowest BCUT2D eigenvalue weighted by Gasteiger charge is -2.28. The van der Waals surface area contributed by atoms with Crippen LogP contribution in [0.3, 0.4) is 0 Å². The highest BCUT2D eigenvalue weighted by atomic mass is 127. The molecular weight excluding hydrogens is 411 g/mol. The Balaban J connectivity index is 1.77. The first-order valence-electron chi connectivity index (χ1n) is 7.72. The number of rotatable bonds is 6. The molecule has 23 heavy (non-hydrogen) atoms. The number of benzene rings is 1. The van der Waals surface area contributed by atoms with Crippen molar-refractivity contribution in [2.75, 3.05) is 4.43 Å². The standard InChI is InChI=1S/C17H21IO5/c1-17(2)22-14-12(8-18)13(21-10-19)15(16(14)23-17)20-9-11-6-4-3-5-7-11/h3-7,10,12-16H,8-9H2,1-2H3/t12-,13+,14-,15-,16-/m0/s1. The molecule has 126 valence electrons. The van der Waals surface area contributed by atoms with Gasteiger partial charge in [0.05, 0.1) is 12.7 Å². The average Bonchev–Trinajstić information content (AvgIpc) is 2.97. The monoisotopic (exact) mass is 432 g/mol. The van der Waals surface area contributed by atoms with Crippen LogP contribution in [0.15, 0.2) is 30.3 Å². The van der Waals surface area contributed by atoms with Crippen LogP contribution in [-0.4, -0.2) is 41.1 Å². The Kier molecular flexibility index (Phi) is 5.25. The minimum Gasteiger partial charge on any atom is -0.461 e. The van der Waals surface area contributed by atoms with Gasteiger partial charge >= 0.3 is 0 Å². The summed E-state index contributed by atoms with van der Waals surface area (Å²) < 4.78 is 24.3. The van der Waals surface area contributed by atoms with Crippen LogP contribution in [0, 0.1) is 5.92 Å². The Bertz CT molecular complexity index is 535. The van der Waals surface area contributed by atoms with Crippen molar-refractivity contribution in [1.82, 2.24) is 0 Å². The minimum absolute atomic E-state index is 0.0633. The third-order valence-electron chi connectivity index (χ3n) is 4.33. The topological polar surface area (TPSA) is 54.0 Å². The first kappa shape index (κ1) is 17.1. The molecule has 6 heteroatoms. The fourth-order valence-corrected chi connectivity index (χ4v) is 4.40. The summed E-state index contributed by atoms with van der Waals surface area (Å²) in [6, 6.07) is 9.93. The number of alkyl halides is 1. The van der Waals surface area contributed by atoms with Crippen LogP contribution in [-0.2, 0) is 30.3 Å². The van der Waals surface area contributed by atoms with Crippen LogP contribution >= 0.6 is 22.6 Å². The van der Waals surface area contributed by atoms with Crippen molar-refractivity contribution >= 4 is 29.1 Å². The van der Waals surface area contributed by atoms with Crippen LogP contribution in [0.25, 0.3) is 0 Å². The largest absolute Gasteiger partial charge is 0.461 e. The Morgan fingerprint density at radius 1 is 1.17 bits per heavy atom. The lowest BCUT2D eigenvalue weighted by molar-refractivity contribution is -0.192. The van der Waals surface area contributed by atoms with E-state index in [1.54, 1.807) is 0 Å². The predicted molar refractivity (Wildman–Crippen MR) is 92.2 cm³/mol. The van der Waals surface area contributed by atoms with Crippen LogP contribution in [0.1, 0.15) is 19.4 Å². The predicted octanol–water partition coefficient (Wildman–Crippen LogP) is 2.70. The van der Waals surface area contributed by atoms with Gasteiger partial charge in [-0.1, -0.05) is 52.9 Å². The molecule has 1 saturated carbocycles. The maximum Gasteiger partial charge on any atom is 0.293 e. The number of carbonyl (C=O) groups is 1. The van der Waals surface area contributed by atoms with Crippen molar-refractivity contribution in [1.29, 1.82) is 0 Å². The zero-order valence-electron chi connectivity index (χ0n) is 13.2. The summed E-state index contributed by atoms with van der Waals surface area (Å²) >= 11 is 2.30. The highest BCUT2D eigenvalue weighted by Gasteiger charge is 2.60. The SMILES string of the molecule is CC1(C)O[C@@H]2[C@@H](OCc3ccccc3)[C@H](OC=O)[C@H](CI)[C@@H]2O1. The van der Waals surface area contributed by atoms with E-state index < -0.39 is 5.79 Å². The summed E-state index contributed by atoms with van der Waals surface area (Å²) in [5.74, 6) is -0.576. The Morgan fingerprint density at radius 2 is 1.87 bits per heavy atom. The van der Waals surface area contributed by atoms with E-state index in [1.165, 1.54) is 0 Å². The third-order valence-corrected chi connectivity index (χ3v) is 5.35. The summed E-state index contributed by atoms with van der Waals surface area (Å²) in [6.45, 7) is 4.75. The quantitative estimate of drug-likeness (QED) is 0.393. The van der Waals surface area contributed by atoms with E-state index in [0.29, 0.717) is 13.1 Å². The second kappa shape index (κ2) is 7.04. The molecule has 1 aromatic carbocycles. The first-order chi connectivity index (χ1) is 11.1. The van der Waals surface area contributed by atoms with Gasteiger partial charge < -0.3 is 18.9 Å². The van der Waals surface area contributed by atoms with E-state index in [4.69, 9.17) is 18.9 Å². The van der Waals surface area contributed by atoms with Gasteiger partial charge in [-0.05, 0) is 19.4 Å². The molecule has 0 radical (unpaired) electrons. The number of hydrogen-bond acceptors (Lipinski definition) is 5. The van der Waals surface area contributed by atoms with Gasteiger partial charge in [-0.3, -0.25) is 4.79 Å². The average molecular weight is 432 g/mol. The zero-order valence-corrected chi connectivity index (χ0v) is 15.3. The van der Waals surface area contributed by atoms with E-state index in [9.17, 15) is 4.79 Å². The van der Waals surface area contributed by atoms with E-state index in [0.717, 1.165) is 9.99 Å². The maximum atomic E-state index is 10.9. The lowest BCUT2D eigenvalue weighted by Crippen LogP contribution is -2.39. The normalized spacial score (nSPS) is 35.0. The van der Waals surface area contributed by atoms with E-state index in [1.807, 2.05) is 44.2 Å². The fraction of sp³-hybridized carbons (Fsp3) is 0.588. The van der Waals surface area contributed by atoms with Crippen molar-refractivity contribution in [2.24, 2.45) is 5.92 Å². The van der Waals surface area contributed by atoms with Crippen LogP contribution in [0.2, 0.25) is 0 Å². The summed E-state index contributed by atoms with van der Waals surface area (Å²) in [5.41, 5.74) is 1.07. The van der Waals surface area contributed by atoms with Crippen LogP contribution in [0.5, 0.6) is 0 Å². The van der Waals surface area contributed by atoms with Crippen molar-refractivity contribution < 1.29 is 23.7 Å². The number of ether oxygens (including phenoxy) is 4. The number of fused-ring (bicyclic) bond motifs is 1. The van der Waals surface area contributed by atoms with Crippen LogP contribution in [0.4, 0.5) is 0 Å². The Labute approximate surface area is 149 Å². The molecule has 0 N–H and O–H groups in total. The van der Waals surface area contributed by atoms with Gasteiger partial charge in [-0.15, -0.1) is 0 Å². The highest BCUT2D eigenvalue weighted by molar-refractivity contribution is 14.1. The number of carbonyl (C=O) groups excluding carboxylic acids is 1. The Morgan fingerprint density at radius 3 is 2.52 bits per heavy atom. The molecule has 2 fully saturated rings. The zero-order chi connectivity index (χ0) is 16.4. The van der Waals surface area contributed by atoms with Gasteiger partial charge in [0.25, 0.3) is 6.47 Å². The Hall–Kier alpha value is -0.700. The van der Waals surface area contributed by atoms with Gasteiger partial charge in [-0.2, -0.15) is 0 Å². The second-order valence-corrected chi connectivity index (χ2v) is 7.22. The maximum absolute atomic E-state index is 10.9. The van der Waals surface area contributed by atoms with Crippen molar-refractivity contribution in [3.63, 3.8) is 0 Å². The molecule has 1 aromatic rings. The molecule has 1 saturated heterocycles. The smallest absolute Gasteiger partial charge is 0.293 e. The molecule has 2 aliphatic rings. The van der Waals surface area contributed by atoms with Gasteiger partial charge in [0.1, 0.15) is 18.3 Å². The van der Waals surface area contributed by atoms with Gasteiger partial charge in [0.2, 0.25) is 0 Å². The second-order valence-electron chi connectivity index (χ2n) is 6.34.